The zero-order chi connectivity index (χ0) is 17.9. The fourth-order valence-corrected chi connectivity index (χ4v) is 5.39. The predicted molar refractivity (Wildman–Crippen MR) is 102 cm³/mol. The van der Waals surface area contributed by atoms with Gasteiger partial charge in [0.1, 0.15) is 5.75 Å². The molecule has 0 spiro atoms. The van der Waals surface area contributed by atoms with Crippen molar-refractivity contribution in [3.63, 3.8) is 0 Å². The number of ether oxygens (including phenoxy) is 1. The molecular formula is C19H25NO3S2. The molecule has 0 radical (unpaired) electrons. The standard InChI is InChI=1S/C19H25NO3S2/c1-15(2)14-23-17-5-7-18(8-6-17)25(21,22)20-11-9-16(10-12-20)19-4-3-13-24-19/h3-8,13,15-16H,9-12,14H2,1-2H3. The van der Waals surface area contributed by atoms with Crippen molar-refractivity contribution in [2.24, 2.45) is 5.92 Å². The van der Waals surface area contributed by atoms with E-state index in [-0.39, 0.29) is 0 Å². The van der Waals surface area contributed by atoms with Crippen LogP contribution in [0.4, 0.5) is 0 Å². The van der Waals surface area contributed by atoms with Crippen LogP contribution in [-0.2, 0) is 10.0 Å². The van der Waals surface area contributed by atoms with Gasteiger partial charge in [-0.05, 0) is 60.4 Å². The fraction of sp³-hybridized carbons (Fsp3) is 0.474. The van der Waals surface area contributed by atoms with Crippen molar-refractivity contribution in [2.75, 3.05) is 19.7 Å². The zero-order valence-electron chi connectivity index (χ0n) is 14.7. The van der Waals surface area contributed by atoms with Crippen molar-refractivity contribution < 1.29 is 13.2 Å². The zero-order valence-corrected chi connectivity index (χ0v) is 16.4. The Kier molecular flexibility index (Phi) is 5.81. The number of hydrogen-bond donors (Lipinski definition) is 0. The van der Waals surface area contributed by atoms with Crippen LogP contribution >= 0.6 is 11.3 Å². The molecule has 25 heavy (non-hydrogen) atoms. The predicted octanol–water partition coefficient (Wildman–Crippen LogP) is 4.35. The highest BCUT2D eigenvalue weighted by Crippen LogP contribution is 2.33. The van der Waals surface area contributed by atoms with E-state index in [1.54, 1.807) is 39.9 Å². The molecule has 136 valence electrons. The van der Waals surface area contributed by atoms with Gasteiger partial charge < -0.3 is 4.74 Å². The van der Waals surface area contributed by atoms with Gasteiger partial charge in [0.25, 0.3) is 0 Å². The molecule has 6 heteroatoms. The molecule has 2 heterocycles. The number of rotatable bonds is 6. The molecule has 1 aromatic heterocycles. The Labute approximate surface area is 154 Å². The molecule has 0 bridgehead atoms. The van der Waals surface area contributed by atoms with Gasteiger partial charge in [0.2, 0.25) is 10.0 Å². The second-order valence-electron chi connectivity index (χ2n) is 6.87. The lowest BCUT2D eigenvalue weighted by atomic mass is 9.97. The van der Waals surface area contributed by atoms with Gasteiger partial charge in [0, 0.05) is 18.0 Å². The molecule has 0 saturated carbocycles. The summed E-state index contributed by atoms with van der Waals surface area (Å²) in [6, 6.07) is 11.0. The van der Waals surface area contributed by atoms with Crippen molar-refractivity contribution in [1.82, 2.24) is 4.31 Å². The summed E-state index contributed by atoms with van der Waals surface area (Å²) < 4.78 is 32.9. The Morgan fingerprint density at radius 3 is 2.40 bits per heavy atom. The van der Waals surface area contributed by atoms with Crippen LogP contribution in [-0.4, -0.2) is 32.4 Å². The molecule has 0 N–H and O–H groups in total. The van der Waals surface area contributed by atoms with Crippen LogP contribution in [0, 0.1) is 5.92 Å². The minimum absolute atomic E-state index is 0.346. The van der Waals surface area contributed by atoms with Crippen molar-refractivity contribution in [3.8, 4) is 5.75 Å². The van der Waals surface area contributed by atoms with Crippen molar-refractivity contribution >= 4 is 21.4 Å². The topological polar surface area (TPSA) is 46.6 Å². The van der Waals surface area contributed by atoms with E-state index in [1.165, 1.54) is 4.88 Å². The summed E-state index contributed by atoms with van der Waals surface area (Å²) in [6.45, 7) is 5.95. The molecule has 4 nitrogen and oxygen atoms in total. The highest BCUT2D eigenvalue weighted by atomic mass is 32.2. The van der Waals surface area contributed by atoms with E-state index in [0.717, 1.165) is 12.8 Å². The Morgan fingerprint density at radius 2 is 1.84 bits per heavy atom. The molecule has 1 aliphatic heterocycles. The van der Waals surface area contributed by atoms with Crippen LogP contribution in [0.3, 0.4) is 0 Å². The van der Waals surface area contributed by atoms with Crippen LogP contribution < -0.4 is 4.74 Å². The number of nitrogens with zero attached hydrogens (tertiary/aromatic N) is 1. The second-order valence-corrected chi connectivity index (χ2v) is 9.79. The first-order valence-electron chi connectivity index (χ1n) is 8.73. The van der Waals surface area contributed by atoms with E-state index < -0.39 is 10.0 Å². The number of hydrogen-bond acceptors (Lipinski definition) is 4. The summed E-state index contributed by atoms with van der Waals surface area (Å²) in [5.74, 6) is 1.63. The van der Waals surface area contributed by atoms with Crippen molar-refractivity contribution in [2.45, 2.75) is 37.5 Å². The number of sulfonamides is 1. The molecule has 0 atom stereocenters. The minimum Gasteiger partial charge on any atom is -0.493 e. The Hall–Kier alpha value is -1.37. The second kappa shape index (κ2) is 7.89. The van der Waals surface area contributed by atoms with E-state index in [2.05, 4.69) is 31.4 Å². The summed E-state index contributed by atoms with van der Waals surface area (Å²) in [5, 5.41) is 2.08. The Balaban J connectivity index is 1.64. The van der Waals surface area contributed by atoms with E-state index in [4.69, 9.17) is 4.74 Å². The smallest absolute Gasteiger partial charge is 0.243 e. The molecule has 1 saturated heterocycles. The first-order valence-corrected chi connectivity index (χ1v) is 11.0. The first kappa shape index (κ1) is 18.4. The largest absolute Gasteiger partial charge is 0.493 e. The SMILES string of the molecule is CC(C)COc1ccc(S(=O)(=O)N2CCC(c3cccs3)CC2)cc1. The van der Waals surface area contributed by atoms with E-state index >= 15 is 0 Å². The van der Waals surface area contributed by atoms with Gasteiger partial charge in [-0.3, -0.25) is 0 Å². The average molecular weight is 380 g/mol. The van der Waals surface area contributed by atoms with Crippen LogP contribution in [0.15, 0.2) is 46.7 Å². The van der Waals surface area contributed by atoms with Crippen molar-refractivity contribution in [1.29, 1.82) is 0 Å². The third-order valence-corrected chi connectivity index (χ3v) is 7.39. The van der Waals surface area contributed by atoms with E-state index in [0.29, 0.717) is 42.2 Å². The number of piperidine rings is 1. The lowest BCUT2D eigenvalue weighted by Crippen LogP contribution is -2.37. The highest BCUT2D eigenvalue weighted by Gasteiger charge is 2.30. The average Bonchev–Trinajstić information content (AvgIpc) is 3.15. The van der Waals surface area contributed by atoms with Crippen molar-refractivity contribution in [3.05, 3.63) is 46.7 Å². The normalized spacial score (nSPS) is 17.1. The minimum atomic E-state index is -3.42. The van der Waals surface area contributed by atoms with Gasteiger partial charge in [0.05, 0.1) is 11.5 Å². The molecule has 1 aliphatic rings. The summed E-state index contributed by atoms with van der Waals surface area (Å²) in [5.41, 5.74) is 0. The quantitative estimate of drug-likeness (QED) is 0.749. The van der Waals surface area contributed by atoms with Crippen LogP contribution in [0.5, 0.6) is 5.75 Å². The molecule has 0 unspecified atom stereocenters. The highest BCUT2D eigenvalue weighted by molar-refractivity contribution is 7.89. The lowest BCUT2D eigenvalue weighted by molar-refractivity contribution is 0.271. The molecule has 3 rings (SSSR count). The van der Waals surface area contributed by atoms with Crippen LogP contribution in [0.2, 0.25) is 0 Å². The molecule has 0 aliphatic carbocycles. The van der Waals surface area contributed by atoms with Crippen LogP contribution in [0.25, 0.3) is 0 Å². The van der Waals surface area contributed by atoms with Gasteiger partial charge in [-0.2, -0.15) is 4.31 Å². The van der Waals surface area contributed by atoms with E-state index in [1.807, 2.05) is 0 Å². The summed E-state index contributed by atoms with van der Waals surface area (Å²) in [7, 11) is -3.42. The Morgan fingerprint density at radius 1 is 1.16 bits per heavy atom. The maximum absolute atomic E-state index is 12.8. The summed E-state index contributed by atoms with van der Waals surface area (Å²) in [6.07, 6.45) is 1.77. The molecule has 1 aromatic carbocycles. The van der Waals surface area contributed by atoms with Crippen LogP contribution in [0.1, 0.15) is 37.5 Å². The lowest BCUT2D eigenvalue weighted by Gasteiger charge is -2.30. The number of benzene rings is 1. The molecule has 0 amide bonds. The van der Waals surface area contributed by atoms with Gasteiger partial charge in [-0.25, -0.2) is 8.42 Å². The van der Waals surface area contributed by atoms with Gasteiger partial charge in [-0.15, -0.1) is 11.3 Å². The van der Waals surface area contributed by atoms with Gasteiger partial charge in [0.15, 0.2) is 0 Å². The first-order chi connectivity index (χ1) is 12.0. The monoisotopic (exact) mass is 379 g/mol. The summed E-state index contributed by atoms with van der Waals surface area (Å²) >= 11 is 1.76. The molecular weight excluding hydrogens is 354 g/mol. The van der Waals surface area contributed by atoms with Gasteiger partial charge in [-0.1, -0.05) is 19.9 Å². The Bertz CT molecular complexity index is 760. The molecule has 1 fully saturated rings. The van der Waals surface area contributed by atoms with E-state index in [9.17, 15) is 8.42 Å². The number of thiophene rings is 1. The molecule has 2 aromatic rings. The third kappa shape index (κ3) is 4.43. The van der Waals surface area contributed by atoms with Gasteiger partial charge >= 0.3 is 0 Å². The fourth-order valence-electron chi connectivity index (χ4n) is 3.02. The summed E-state index contributed by atoms with van der Waals surface area (Å²) in [4.78, 5) is 1.71. The third-order valence-electron chi connectivity index (χ3n) is 4.44. The maximum Gasteiger partial charge on any atom is 0.243 e. The maximum atomic E-state index is 12.8.